The maximum Gasteiger partial charge on any atom is 0.257 e. The molecule has 0 saturated heterocycles. The van der Waals surface area contributed by atoms with Gasteiger partial charge in [-0.2, -0.15) is 4.98 Å². The molecule has 0 fully saturated rings. The Hall–Kier alpha value is -3.00. The molecule has 146 valence electrons. The van der Waals surface area contributed by atoms with E-state index in [1.807, 2.05) is 51.1 Å². The highest BCUT2D eigenvalue weighted by Gasteiger charge is 2.15. The molecular weight excluding hydrogens is 376 g/mol. The number of ether oxygens (including phenoxy) is 2. The van der Waals surface area contributed by atoms with E-state index in [9.17, 15) is 4.79 Å². The van der Waals surface area contributed by atoms with Crippen LogP contribution in [0.2, 0.25) is 0 Å². The van der Waals surface area contributed by atoms with Gasteiger partial charge in [0.2, 0.25) is 16.9 Å². The van der Waals surface area contributed by atoms with Crippen molar-refractivity contribution in [1.82, 2.24) is 15.2 Å². The Kier molecular flexibility index (Phi) is 6.54. The maximum absolute atomic E-state index is 12.6. The number of hydrogen-bond donors (Lipinski definition) is 1. The molecule has 0 saturated carbocycles. The molecule has 0 spiro atoms. The fourth-order valence-electron chi connectivity index (χ4n) is 2.56. The van der Waals surface area contributed by atoms with Gasteiger partial charge in [0.05, 0.1) is 11.7 Å². The normalized spacial score (nSPS) is 11.9. The molecule has 7 nitrogen and oxygen atoms in total. The van der Waals surface area contributed by atoms with Crippen LogP contribution in [-0.2, 0) is 6.42 Å². The van der Waals surface area contributed by atoms with E-state index >= 15 is 0 Å². The average molecular weight is 398 g/mol. The molecular formula is C20H22N4O3S. The van der Waals surface area contributed by atoms with Crippen LogP contribution in [0.1, 0.15) is 36.7 Å². The minimum atomic E-state index is -0.326. The lowest BCUT2D eigenvalue weighted by molar-refractivity contribution is 0.102. The van der Waals surface area contributed by atoms with Gasteiger partial charge in [-0.15, -0.1) is 10.2 Å². The highest BCUT2D eigenvalue weighted by molar-refractivity contribution is 7.13. The Morgan fingerprint density at radius 2 is 1.82 bits per heavy atom. The number of amides is 1. The van der Waals surface area contributed by atoms with Crippen LogP contribution in [0.5, 0.6) is 11.8 Å². The molecule has 0 radical (unpaired) electrons. The van der Waals surface area contributed by atoms with Crippen molar-refractivity contribution >= 4 is 22.4 Å². The van der Waals surface area contributed by atoms with Gasteiger partial charge in [0.25, 0.3) is 5.91 Å². The Labute approximate surface area is 167 Å². The highest BCUT2D eigenvalue weighted by Crippen LogP contribution is 2.22. The lowest BCUT2D eigenvalue weighted by Crippen LogP contribution is -2.18. The van der Waals surface area contributed by atoms with Gasteiger partial charge in [-0.25, -0.2) is 0 Å². The summed E-state index contributed by atoms with van der Waals surface area (Å²) < 4.78 is 11.7. The van der Waals surface area contributed by atoms with Crippen molar-refractivity contribution in [2.24, 2.45) is 0 Å². The number of carbonyl (C=O) groups is 1. The van der Waals surface area contributed by atoms with E-state index in [4.69, 9.17) is 9.47 Å². The molecule has 3 rings (SSSR count). The van der Waals surface area contributed by atoms with Crippen LogP contribution in [0.15, 0.2) is 48.0 Å². The molecule has 1 atom stereocenters. The number of rotatable bonds is 8. The summed E-state index contributed by atoms with van der Waals surface area (Å²) in [5.41, 5.74) is 3.09. The number of hydrogen-bond acceptors (Lipinski definition) is 7. The van der Waals surface area contributed by atoms with Gasteiger partial charge in [0, 0.05) is 18.6 Å². The van der Waals surface area contributed by atoms with Crippen molar-refractivity contribution in [2.75, 3.05) is 5.32 Å². The molecule has 0 aliphatic rings. The minimum absolute atomic E-state index is 0.0800. The molecule has 1 N–H and O–H groups in total. The second-order valence-electron chi connectivity index (χ2n) is 6.52. The van der Waals surface area contributed by atoms with Crippen molar-refractivity contribution in [1.29, 1.82) is 0 Å². The highest BCUT2D eigenvalue weighted by atomic mass is 32.1. The van der Waals surface area contributed by atoms with Gasteiger partial charge in [0.15, 0.2) is 0 Å². The minimum Gasteiger partial charge on any atom is -0.475 e. The zero-order chi connectivity index (χ0) is 19.9. The monoisotopic (exact) mass is 398 g/mol. The van der Waals surface area contributed by atoms with Crippen LogP contribution < -0.4 is 14.8 Å². The summed E-state index contributed by atoms with van der Waals surface area (Å²) in [5, 5.41) is 10.7. The molecule has 0 bridgehead atoms. The third kappa shape index (κ3) is 5.75. The number of benzene rings is 1. The van der Waals surface area contributed by atoms with Crippen LogP contribution in [0.3, 0.4) is 0 Å². The third-order valence-corrected chi connectivity index (χ3v) is 4.27. The van der Waals surface area contributed by atoms with Gasteiger partial charge < -0.3 is 9.47 Å². The molecule has 8 heteroatoms. The van der Waals surface area contributed by atoms with Gasteiger partial charge in [-0.05, 0) is 26.3 Å². The van der Waals surface area contributed by atoms with Crippen molar-refractivity contribution in [2.45, 2.75) is 39.4 Å². The van der Waals surface area contributed by atoms with Gasteiger partial charge in [-0.1, -0.05) is 41.7 Å². The van der Waals surface area contributed by atoms with Crippen LogP contribution in [0, 0.1) is 0 Å². The topological polar surface area (TPSA) is 86.2 Å². The molecule has 1 aromatic carbocycles. The fourth-order valence-corrected chi connectivity index (χ4v) is 3.00. The number of pyridine rings is 1. The summed E-state index contributed by atoms with van der Waals surface area (Å²) in [6.45, 7) is 5.76. The quantitative estimate of drug-likeness (QED) is 0.618. The first kappa shape index (κ1) is 19.8. The Morgan fingerprint density at radius 1 is 1.11 bits per heavy atom. The molecule has 2 heterocycles. The van der Waals surface area contributed by atoms with Crippen molar-refractivity contribution in [3.8, 4) is 11.8 Å². The van der Waals surface area contributed by atoms with Gasteiger partial charge in [0.1, 0.15) is 11.6 Å². The molecule has 28 heavy (non-hydrogen) atoms. The number of aromatic nitrogens is 3. The van der Waals surface area contributed by atoms with E-state index in [1.54, 1.807) is 17.6 Å². The number of anilines is 1. The van der Waals surface area contributed by atoms with E-state index in [2.05, 4.69) is 20.5 Å². The number of nitrogens with zero attached hydrogens (tertiary/aromatic N) is 3. The first-order valence-electron chi connectivity index (χ1n) is 8.96. The number of nitrogens with one attached hydrogen (secondary N) is 1. The predicted molar refractivity (Wildman–Crippen MR) is 108 cm³/mol. The standard InChI is InChI=1S/C20H22N4O3S/c1-13(2)26-17-10-16(19(25)23-20-24-21-12-28-20)11-18(22-17)27-14(3)9-15-7-5-4-6-8-15/h4-8,10-14H,9H2,1-3H3,(H,23,24,25). The third-order valence-electron chi connectivity index (χ3n) is 3.67. The van der Waals surface area contributed by atoms with Crippen molar-refractivity contribution in [3.63, 3.8) is 0 Å². The molecule has 1 unspecified atom stereocenters. The maximum atomic E-state index is 12.6. The lowest BCUT2D eigenvalue weighted by Gasteiger charge is -2.16. The van der Waals surface area contributed by atoms with Crippen molar-refractivity contribution in [3.05, 3.63) is 59.1 Å². The summed E-state index contributed by atoms with van der Waals surface area (Å²) in [6.07, 6.45) is 0.524. The van der Waals surface area contributed by atoms with E-state index in [0.29, 0.717) is 22.5 Å². The van der Waals surface area contributed by atoms with E-state index in [1.165, 1.54) is 16.9 Å². The SMILES string of the molecule is CC(C)Oc1cc(C(=O)Nc2nncs2)cc(OC(C)Cc2ccccc2)n1. The molecule has 0 aliphatic carbocycles. The Morgan fingerprint density at radius 3 is 2.46 bits per heavy atom. The summed E-state index contributed by atoms with van der Waals surface area (Å²) in [6, 6.07) is 13.3. The predicted octanol–water partition coefficient (Wildman–Crippen LogP) is 3.98. The summed E-state index contributed by atoms with van der Waals surface area (Å²) >= 11 is 1.24. The first-order valence-corrected chi connectivity index (χ1v) is 9.84. The Bertz CT molecular complexity index is 901. The summed E-state index contributed by atoms with van der Waals surface area (Å²) in [5.74, 6) is 0.346. The number of carbonyl (C=O) groups excluding carboxylic acids is 1. The van der Waals surface area contributed by atoms with Gasteiger partial charge >= 0.3 is 0 Å². The van der Waals surface area contributed by atoms with Crippen LogP contribution in [-0.4, -0.2) is 33.3 Å². The van der Waals surface area contributed by atoms with Crippen LogP contribution >= 0.6 is 11.3 Å². The average Bonchev–Trinajstić information content (AvgIpc) is 3.14. The lowest BCUT2D eigenvalue weighted by atomic mass is 10.1. The van der Waals surface area contributed by atoms with E-state index in [0.717, 1.165) is 6.42 Å². The zero-order valence-electron chi connectivity index (χ0n) is 16.0. The largest absolute Gasteiger partial charge is 0.475 e. The molecule has 0 aliphatic heterocycles. The second-order valence-corrected chi connectivity index (χ2v) is 7.35. The second kappa shape index (κ2) is 9.27. The smallest absolute Gasteiger partial charge is 0.257 e. The first-order chi connectivity index (χ1) is 13.5. The fraction of sp³-hybridized carbons (Fsp3) is 0.300. The van der Waals surface area contributed by atoms with Crippen LogP contribution in [0.4, 0.5) is 5.13 Å². The zero-order valence-corrected chi connectivity index (χ0v) is 16.8. The molecule has 1 amide bonds. The van der Waals surface area contributed by atoms with Gasteiger partial charge in [-0.3, -0.25) is 10.1 Å². The Balaban J connectivity index is 1.77. The van der Waals surface area contributed by atoms with E-state index in [-0.39, 0.29) is 18.1 Å². The van der Waals surface area contributed by atoms with Crippen LogP contribution in [0.25, 0.3) is 0 Å². The van der Waals surface area contributed by atoms with Crippen molar-refractivity contribution < 1.29 is 14.3 Å². The van der Waals surface area contributed by atoms with E-state index < -0.39 is 0 Å². The summed E-state index contributed by atoms with van der Waals surface area (Å²) in [7, 11) is 0. The molecule has 3 aromatic rings. The summed E-state index contributed by atoms with van der Waals surface area (Å²) in [4.78, 5) is 17.0. The molecule has 2 aromatic heterocycles.